The number of hydrogen-bond acceptors (Lipinski definition) is 7. The molecule has 2 aliphatic rings. The highest BCUT2D eigenvalue weighted by atomic mass is 19.1. The van der Waals surface area contributed by atoms with Gasteiger partial charge in [0.2, 0.25) is 11.8 Å². The predicted octanol–water partition coefficient (Wildman–Crippen LogP) is 3.37. The number of amides is 4. The van der Waals surface area contributed by atoms with Crippen LogP contribution < -0.4 is 20.7 Å². The number of urea groups is 1. The predicted molar refractivity (Wildman–Crippen MR) is 159 cm³/mol. The molecule has 2 saturated heterocycles. The minimum atomic E-state index is -1.03. The molecular weight excluding hydrogens is 555 g/mol. The van der Waals surface area contributed by atoms with E-state index in [2.05, 4.69) is 16.0 Å². The largest absolute Gasteiger partial charge is 0.496 e. The Morgan fingerprint density at radius 3 is 2.49 bits per heavy atom. The lowest BCUT2D eigenvalue weighted by Gasteiger charge is -2.28. The van der Waals surface area contributed by atoms with Gasteiger partial charge >= 0.3 is 6.03 Å². The summed E-state index contributed by atoms with van der Waals surface area (Å²) in [6.45, 7) is 4.54. The third-order valence-electron chi connectivity index (χ3n) is 8.20. The Morgan fingerprint density at radius 1 is 1.09 bits per heavy atom. The highest BCUT2D eigenvalue weighted by Gasteiger charge is 2.36. The molecular formula is C32H35FN4O6. The molecule has 2 aliphatic heterocycles. The van der Waals surface area contributed by atoms with Crippen LogP contribution in [0.15, 0.2) is 48.5 Å². The van der Waals surface area contributed by atoms with Gasteiger partial charge < -0.3 is 30.5 Å². The fourth-order valence-corrected chi connectivity index (χ4v) is 5.55. The Morgan fingerprint density at radius 2 is 1.79 bits per heavy atom. The van der Waals surface area contributed by atoms with Crippen molar-refractivity contribution >= 4 is 23.5 Å². The Hall–Kier alpha value is -4.32. The van der Waals surface area contributed by atoms with Crippen LogP contribution in [-0.2, 0) is 20.9 Å². The number of aliphatic hydroxyl groups is 1. The van der Waals surface area contributed by atoms with E-state index < -0.39 is 35.7 Å². The SMILES string of the molecule is COc1cc(-c2cccc(-c3cccc(NC(=O)C4CNC(=O)N(C)C4=O)c3C)c2C)cc(F)c1CN[C@@H]1COC[C@H]1O. The number of benzene rings is 3. The van der Waals surface area contributed by atoms with E-state index in [1.165, 1.54) is 20.2 Å². The number of carbonyl (C=O) groups excluding carboxylic acids is 3. The van der Waals surface area contributed by atoms with Crippen LogP contribution in [0.2, 0.25) is 0 Å². The molecule has 2 heterocycles. The quantitative estimate of drug-likeness (QED) is 0.296. The number of ether oxygens (including phenoxy) is 2. The zero-order valence-electron chi connectivity index (χ0n) is 24.5. The lowest BCUT2D eigenvalue weighted by Crippen LogP contribution is -2.56. The third kappa shape index (κ3) is 5.96. The number of carbonyl (C=O) groups is 3. The lowest BCUT2D eigenvalue weighted by molar-refractivity contribution is -0.138. The first-order valence-corrected chi connectivity index (χ1v) is 14.0. The first-order chi connectivity index (χ1) is 20.6. The number of methoxy groups -OCH3 is 1. The monoisotopic (exact) mass is 590 g/mol. The van der Waals surface area contributed by atoms with Crippen LogP contribution in [0.25, 0.3) is 22.3 Å². The summed E-state index contributed by atoms with van der Waals surface area (Å²) in [6, 6.07) is 13.7. The number of aliphatic hydroxyl groups excluding tert-OH is 1. The van der Waals surface area contributed by atoms with Gasteiger partial charge in [-0.3, -0.25) is 14.5 Å². The molecule has 10 nitrogen and oxygen atoms in total. The second-order valence-electron chi connectivity index (χ2n) is 10.8. The zero-order chi connectivity index (χ0) is 30.8. The molecule has 3 aromatic rings. The van der Waals surface area contributed by atoms with Gasteiger partial charge in [0.25, 0.3) is 0 Å². The summed E-state index contributed by atoms with van der Waals surface area (Å²) < 4.78 is 26.3. The molecule has 0 aromatic heterocycles. The van der Waals surface area contributed by atoms with Crippen molar-refractivity contribution in [1.82, 2.24) is 15.5 Å². The minimum absolute atomic E-state index is 0.0699. The second kappa shape index (κ2) is 12.5. The van der Waals surface area contributed by atoms with E-state index in [4.69, 9.17) is 9.47 Å². The van der Waals surface area contributed by atoms with Gasteiger partial charge in [0, 0.05) is 31.4 Å². The van der Waals surface area contributed by atoms with Gasteiger partial charge in [0.15, 0.2) is 0 Å². The Bertz CT molecular complexity index is 1580. The summed E-state index contributed by atoms with van der Waals surface area (Å²) >= 11 is 0. The first-order valence-electron chi connectivity index (χ1n) is 14.0. The molecule has 3 atom stereocenters. The average molecular weight is 591 g/mol. The molecule has 0 saturated carbocycles. The standard InChI is InChI=1S/C32H35FN4O6/c1-17-20(19-11-25(33)23(29(12-19)42-4)13-34-27-15-43-16-28(27)38)7-5-8-21(17)22-9-6-10-26(18(22)2)36-30(39)24-14-35-32(41)37(3)31(24)40/h5-12,24,27-28,34,38H,13-16H2,1-4H3,(H,35,41)(H,36,39)/t24?,27-,28-/m1/s1. The molecule has 0 bridgehead atoms. The highest BCUT2D eigenvalue weighted by Crippen LogP contribution is 2.38. The van der Waals surface area contributed by atoms with E-state index in [0.29, 0.717) is 29.2 Å². The molecule has 2 fully saturated rings. The van der Waals surface area contributed by atoms with Crippen molar-refractivity contribution in [2.45, 2.75) is 32.5 Å². The molecule has 0 spiro atoms. The zero-order valence-corrected chi connectivity index (χ0v) is 24.5. The number of imide groups is 1. The van der Waals surface area contributed by atoms with Crippen LogP contribution in [0.3, 0.4) is 0 Å². The van der Waals surface area contributed by atoms with Crippen LogP contribution in [0, 0.1) is 25.6 Å². The van der Waals surface area contributed by atoms with Crippen molar-refractivity contribution in [3.8, 4) is 28.0 Å². The fourth-order valence-electron chi connectivity index (χ4n) is 5.55. The molecule has 4 N–H and O–H groups in total. The molecule has 5 rings (SSSR count). The number of hydrogen-bond donors (Lipinski definition) is 4. The van der Waals surface area contributed by atoms with E-state index >= 15 is 4.39 Å². The topological polar surface area (TPSA) is 129 Å². The van der Waals surface area contributed by atoms with Crippen LogP contribution in [0.5, 0.6) is 5.75 Å². The van der Waals surface area contributed by atoms with Crippen molar-refractivity contribution in [1.29, 1.82) is 0 Å². The Balaban J connectivity index is 1.41. The molecule has 0 aliphatic carbocycles. The van der Waals surface area contributed by atoms with E-state index in [0.717, 1.165) is 32.7 Å². The van der Waals surface area contributed by atoms with E-state index in [9.17, 15) is 19.5 Å². The van der Waals surface area contributed by atoms with E-state index in [-0.39, 0.29) is 25.7 Å². The maximum atomic E-state index is 15.5. The number of nitrogens with one attached hydrogen (secondary N) is 3. The van der Waals surface area contributed by atoms with Crippen molar-refractivity contribution in [3.63, 3.8) is 0 Å². The van der Waals surface area contributed by atoms with Gasteiger partial charge in [-0.15, -0.1) is 0 Å². The van der Waals surface area contributed by atoms with Gasteiger partial charge in [-0.05, 0) is 65.4 Å². The van der Waals surface area contributed by atoms with Gasteiger partial charge in [0.05, 0.1) is 32.5 Å². The summed E-state index contributed by atoms with van der Waals surface area (Å²) in [5, 5.41) is 18.6. The molecule has 0 radical (unpaired) electrons. The maximum absolute atomic E-state index is 15.5. The average Bonchev–Trinajstić information content (AvgIpc) is 3.40. The maximum Gasteiger partial charge on any atom is 0.323 e. The third-order valence-corrected chi connectivity index (χ3v) is 8.20. The smallest absolute Gasteiger partial charge is 0.323 e. The van der Waals surface area contributed by atoms with Crippen LogP contribution in [0.4, 0.5) is 14.9 Å². The Labute approximate surface area is 249 Å². The number of halogens is 1. The minimum Gasteiger partial charge on any atom is -0.496 e. The summed E-state index contributed by atoms with van der Waals surface area (Å²) in [7, 11) is 2.83. The second-order valence-corrected chi connectivity index (χ2v) is 10.8. The van der Waals surface area contributed by atoms with Gasteiger partial charge in [-0.1, -0.05) is 30.3 Å². The molecule has 4 amide bonds. The molecule has 3 aromatic carbocycles. The van der Waals surface area contributed by atoms with E-state index in [1.807, 2.05) is 44.2 Å². The molecule has 43 heavy (non-hydrogen) atoms. The van der Waals surface area contributed by atoms with Crippen molar-refractivity contribution in [2.75, 3.05) is 39.2 Å². The lowest BCUT2D eigenvalue weighted by atomic mass is 9.90. The number of rotatable bonds is 8. The summed E-state index contributed by atoms with van der Waals surface area (Å²) in [4.78, 5) is 38.2. The summed E-state index contributed by atoms with van der Waals surface area (Å²) in [6.07, 6.45) is -0.645. The Kier molecular flexibility index (Phi) is 8.77. The van der Waals surface area contributed by atoms with Crippen LogP contribution in [-0.4, -0.2) is 73.9 Å². The van der Waals surface area contributed by atoms with Gasteiger partial charge in [0.1, 0.15) is 17.5 Å². The first kappa shape index (κ1) is 30.1. The molecule has 1 unspecified atom stereocenters. The van der Waals surface area contributed by atoms with Crippen molar-refractivity contribution < 1.29 is 33.4 Å². The normalized spacial score (nSPS) is 20.2. The van der Waals surface area contributed by atoms with Crippen molar-refractivity contribution in [3.05, 3.63) is 71.0 Å². The van der Waals surface area contributed by atoms with Crippen molar-refractivity contribution in [2.24, 2.45) is 5.92 Å². The molecule has 226 valence electrons. The fraction of sp³-hybridized carbons (Fsp3) is 0.344. The highest BCUT2D eigenvalue weighted by molar-refractivity contribution is 6.12. The van der Waals surface area contributed by atoms with Crippen LogP contribution in [0.1, 0.15) is 16.7 Å². The number of anilines is 1. The van der Waals surface area contributed by atoms with E-state index in [1.54, 1.807) is 12.1 Å². The number of nitrogens with zero attached hydrogens (tertiary/aromatic N) is 1. The van der Waals surface area contributed by atoms with Crippen LogP contribution >= 0.6 is 0 Å². The summed E-state index contributed by atoms with van der Waals surface area (Å²) in [5.74, 6) is -2.14. The summed E-state index contributed by atoms with van der Waals surface area (Å²) in [5.41, 5.74) is 5.82. The van der Waals surface area contributed by atoms with Gasteiger partial charge in [-0.25, -0.2) is 9.18 Å². The van der Waals surface area contributed by atoms with Gasteiger partial charge in [-0.2, -0.15) is 0 Å². The molecule has 11 heteroatoms.